The number of hydrogen-bond donors (Lipinski definition) is 3. The normalized spacial score (nSPS) is 10.9. The molecule has 0 saturated heterocycles. The third-order valence-electron chi connectivity index (χ3n) is 6.25. The van der Waals surface area contributed by atoms with Gasteiger partial charge in [0.2, 0.25) is 0 Å². The van der Waals surface area contributed by atoms with E-state index in [0.717, 1.165) is 27.6 Å². The van der Waals surface area contributed by atoms with Crippen molar-refractivity contribution in [1.82, 2.24) is 10.4 Å². The van der Waals surface area contributed by atoms with Crippen LogP contribution in [0.25, 0.3) is 11.3 Å². The smallest absolute Gasteiger partial charge is 0.271 e. The number of nitrogens with one attached hydrogen (secondary N) is 3. The molecule has 5 rings (SSSR count). The van der Waals surface area contributed by atoms with Crippen molar-refractivity contribution in [2.75, 3.05) is 17.2 Å². The van der Waals surface area contributed by atoms with E-state index in [4.69, 9.17) is 16.3 Å². The fourth-order valence-electron chi connectivity index (χ4n) is 4.02. The molecular weight excluding hydrogens is 582 g/mol. The molecule has 3 N–H and O–H groups in total. The number of anilines is 3. The minimum Gasteiger partial charge on any atom is -0.482 e. The van der Waals surface area contributed by atoms with Crippen LogP contribution in [0.5, 0.6) is 5.75 Å². The minimum absolute atomic E-state index is 0.191. The van der Waals surface area contributed by atoms with Crippen molar-refractivity contribution in [3.8, 4) is 17.0 Å². The Kier molecular flexibility index (Phi) is 9.46. The standard InChI is InChI=1S/C33H28ClN5O3S/c1-21-6-13-26(14-7-21)37-33-38-29(20-43-33)24-9-11-25(12-10-24)32(41)39-35-18-23-8-15-30(28(34)17-23)42-19-31(40)36-27-5-3-4-22(2)16-27/h3-18,20H,19H2,1-2H3,(H,36,40)(H,37,38)(H,39,41)/b35-18+. The average Bonchev–Trinajstić information content (AvgIpc) is 3.46. The van der Waals surface area contributed by atoms with Crippen LogP contribution in [0.4, 0.5) is 16.5 Å². The maximum Gasteiger partial charge on any atom is 0.271 e. The van der Waals surface area contributed by atoms with Crippen molar-refractivity contribution < 1.29 is 14.3 Å². The number of carbonyl (C=O) groups excluding carboxylic acids is 2. The quantitative estimate of drug-likeness (QED) is 0.112. The van der Waals surface area contributed by atoms with Gasteiger partial charge in [-0.15, -0.1) is 11.3 Å². The first-order valence-corrected chi connectivity index (χ1v) is 14.6. The van der Waals surface area contributed by atoms with Crippen molar-refractivity contribution in [3.05, 3.63) is 124 Å². The summed E-state index contributed by atoms with van der Waals surface area (Å²) in [6, 6.07) is 27.8. The lowest BCUT2D eigenvalue weighted by Gasteiger charge is -2.09. The third-order valence-corrected chi connectivity index (χ3v) is 7.30. The van der Waals surface area contributed by atoms with Gasteiger partial charge in [0.15, 0.2) is 11.7 Å². The molecule has 43 heavy (non-hydrogen) atoms. The molecule has 5 aromatic rings. The molecule has 0 aliphatic carbocycles. The Morgan fingerprint density at radius 1 is 0.930 bits per heavy atom. The lowest BCUT2D eigenvalue weighted by Crippen LogP contribution is -2.20. The molecular formula is C33H28ClN5O3S. The molecule has 0 aliphatic rings. The topological polar surface area (TPSA) is 105 Å². The molecule has 10 heteroatoms. The first-order valence-electron chi connectivity index (χ1n) is 13.3. The summed E-state index contributed by atoms with van der Waals surface area (Å²) in [6.45, 7) is 3.81. The number of ether oxygens (including phenoxy) is 1. The van der Waals surface area contributed by atoms with Gasteiger partial charge in [-0.25, -0.2) is 10.4 Å². The lowest BCUT2D eigenvalue weighted by atomic mass is 10.1. The number of halogens is 1. The second-order valence-electron chi connectivity index (χ2n) is 9.70. The zero-order valence-corrected chi connectivity index (χ0v) is 25.0. The molecule has 2 amide bonds. The van der Waals surface area contributed by atoms with Gasteiger partial charge in [0, 0.05) is 27.9 Å². The van der Waals surface area contributed by atoms with E-state index >= 15 is 0 Å². The van der Waals surface area contributed by atoms with Crippen molar-refractivity contribution in [1.29, 1.82) is 0 Å². The fraction of sp³-hybridized carbons (Fsp3) is 0.0909. The zero-order chi connectivity index (χ0) is 30.2. The van der Waals surface area contributed by atoms with Crippen LogP contribution in [-0.4, -0.2) is 29.6 Å². The second kappa shape index (κ2) is 13.8. The highest BCUT2D eigenvalue weighted by Gasteiger charge is 2.10. The number of rotatable bonds is 10. The summed E-state index contributed by atoms with van der Waals surface area (Å²) in [5.41, 5.74) is 9.27. The van der Waals surface area contributed by atoms with Crippen LogP contribution in [-0.2, 0) is 4.79 Å². The lowest BCUT2D eigenvalue weighted by molar-refractivity contribution is -0.118. The third kappa shape index (κ3) is 8.28. The number of benzene rings is 4. The Hall–Kier alpha value is -4.99. The van der Waals surface area contributed by atoms with Gasteiger partial charge in [-0.1, -0.05) is 53.6 Å². The molecule has 0 bridgehead atoms. The van der Waals surface area contributed by atoms with E-state index < -0.39 is 0 Å². The Morgan fingerprint density at radius 2 is 1.72 bits per heavy atom. The largest absolute Gasteiger partial charge is 0.482 e. The maximum absolute atomic E-state index is 12.6. The highest BCUT2D eigenvalue weighted by atomic mass is 35.5. The van der Waals surface area contributed by atoms with E-state index in [1.807, 2.05) is 79.9 Å². The van der Waals surface area contributed by atoms with Gasteiger partial charge in [0.05, 0.1) is 16.9 Å². The Bertz CT molecular complexity index is 1770. The van der Waals surface area contributed by atoms with Gasteiger partial charge in [-0.05, 0) is 79.6 Å². The van der Waals surface area contributed by atoms with Crippen LogP contribution in [0.2, 0.25) is 5.02 Å². The fourth-order valence-corrected chi connectivity index (χ4v) is 5.01. The van der Waals surface area contributed by atoms with E-state index in [1.165, 1.54) is 23.1 Å². The summed E-state index contributed by atoms with van der Waals surface area (Å²) in [6.07, 6.45) is 1.48. The summed E-state index contributed by atoms with van der Waals surface area (Å²) < 4.78 is 5.56. The van der Waals surface area contributed by atoms with Gasteiger partial charge in [0.1, 0.15) is 5.75 Å². The Balaban J connectivity index is 1.11. The number of aryl methyl sites for hydroxylation is 2. The number of amides is 2. The van der Waals surface area contributed by atoms with E-state index in [-0.39, 0.29) is 18.4 Å². The summed E-state index contributed by atoms with van der Waals surface area (Å²) in [7, 11) is 0. The molecule has 1 heterocycles. The van der Waals surface area contributed by atoms with Crippen LogP contribution in [0.15, 0.2) is 101 Å². The van der Waals surface area contributed by atoms with E-state index in [2.05, 4.69) is 26.1 Å². The molecule has 0 fully saturated rings. The Labute approximate surface area is 258 Å². The number of hydrazone groups is 1. The SMILES string of the molecule is Cc1ccc(Nc2nc(-c3ccc(C(=O)N/N=C/c4ccc(OCC(=O)Nc5cccc(C)c5)c(Cl)c4)cc3)cs2)cc1. The van der Waals surface area contributed by atoms with Gasteiger partial charge in [-0.3, -0.25) is 9.59 Å². The van der Waals surface area contributed by atoms with Crippen LogP contribution in [0.1, 0.15) is 27.0 Å². The molecule has 0 saturated carbocycles. The van der Waals surface area contributed by atoms with Crippen LogP contribution in [0, 0.1) is 13.8 Å². The number of nitrogens with zero attached hydrogens (tertiary/aromatic N) is 2. The van der Waals surface area contributed by atoms with Crippen molar-refractivity contribution in [2.24, 2.45) is 5.10 Å². The van der Waals surface area contributed by atoms with Crippen molar-refractivity contribution in [3.63, 3.8) is 0 Å². The zero-order valence-electron chi connectivity index (χ0n) is 23.4. The maximum atomic E-state index is 12.6. The van der Waals surface area contributed by atoms with Gasteiger partial charge >= 0.3 is 0 Å². The Morgan fingerprint density at radius 3 is 2.47 bits per heavy atom. The van der Waals surface area contributed by atoms with E-state index in [9.17, 15) is 9.59 Å². The van der Waals surface area contributed by atoms with Crippen molar-refractivity contribution >= 4 is 57.5 Å². The van der Waals surface area contributed by atoms with E-state index in [1.54, 1.807) is 30.3 Å². The minimum atomic E-state index is -0.353. The first kappa shape index (κ1) is 29.5. The van der Waals surface area contributed by atoms with Crippen LogP contribution < -0.4 is 20.8 Å². The van der Waals surface area contributed by atoms with E-state index in [0.29, 0.717) is 27.6 Å². The summed E-state index contributed by atoms with van der Waals surface area (Å²) in [5.74, 6) is -0.288. The number of aromatic nitrogens is 1. The highest BCUT2D eigenvalue weighted by molar-refractivity contribution is 7.14. The summed E-state index contributed by atoms with van der Waals surface area (Å²) in [5, 5.41) is 13.2. The molecule has 1 aromatic heterocycles. The molecule has 0 atom stereocenters. The molecule has 216 valence electrons. The number of carbonyl (C=O) groups is 2. The van der Waals surface area contributed by atoms with Crippen LogP contribution in [0.3, 0.4) is 0 Å². The van der Waals surface area contributed by atoms with Crippen molar-refractivity contribution in [2.45, 2.75) is 13.8 Å². The number of hydrogen-bond acceptors (Lipinski definition) is 7. The van der Waals surface area contributed by atoms with Gasteiger partial charge < -0.3 is 15.4 Å². The molecule has 8 nitrogen and oxygen atoms in total. The number of thiazole rings is 1. The average molecular weight is 610 g/mol. The highest BCUT2D eigenvalue weighted by Crippen LogP contribution is 2.28. The predicted molar refractivity (Wildman–Crippen MR) is 174 cm³/mol. The van der Waals surface area contributed by atoms with Gasteiger partial charge in [0.25, 0.3) is 11.8 Å². The summed E-state index contributed by atoms with van der Waals surface area (Å²) in [4.78, 5) is 29.5. The monoisotopic (exact) mass is 609 g/mol. The summed E-state index contributed by atoms with van der Waals surface area (Å²) >= 11 is 7.84. The molecule has 0 radical (unpaired) electrons. The predicted octanol–water partition coefficient (Wildman–Crippen LogP) is 7.61. The molecule has 0 spiro atoms. The first-order chi connectivity index (χ1) is 20.8. The second-order valence-corrected chi connectivity index (χ2v) is 11.0. The molecule has 0 unspecified atom stereocenters. The molecule has 0 aliphatic heterocycles. The molecule has 4 aromatic carbocycles. The van der Waals surface area contributed by atoms with Crippen LogP contribution >= 0.6 is 22.9 Å². The van der Waals surface area contributed by atoms with Gasteiger partial charge in [-0.2, -0.15) is 5.10 Å².